The molecule has 1 atom stereocenters. The van der Waals surface area contributed by atoms with E-state index in [-0.39, 0.29) is 42.4 Å². The van der Waals surface area contributed by atoms with Gasteiger partial charge in [-0.2, -0.15) is 0 Å². The summed E-state index contributed by atoms with van der Waals surface area (Å²) in [5, 5.41) is 15.5. The van der Waals surface area contributed by atoms with Crippen molar-refractivity contribution in [2.45, 2.75) is 25.8 Å². The van der Waals surface area contributed by atoms with Crippen molar-refractivity contribution < 1.29 is 28.6 Å². The Morgan fingerprint density at radius 1 is 1.07 bits per heavy atom. The molecule has 0 bridgehead atoms. The van der Waals surface area contributed by atoms with Gasteiger partial charge in [-0.05, 0) is 61.7 Å². The second kappa shape index (κ2) is 13.7. The number of hydrogen-bond acceptors (Lipinski definition) is 8. The van der Waals surface area contributed by atoms with Crippen LogP contribution in [0, 0.1) is 18.7 Å². The summed E-state index contributed by atoms with van der Waals surface area (Å²) in [4.78, 5) is 50.2. The minimum absolute atomic E-state index is 0. The first kappa shape index (κ1) is 32.6. The van der Waals surface area contributed by atoms with Gasteiger partial charge < -0.3 is 30.3 Å². The molecule has 2 aromatic heterocycles. The molecule has 46 heavy (non-hydrogen) atoms. The highest BCUT2D eigenvalue weighted by Crippen LogP contribution is 2.29. The van der Waals surface area contributed by atoms with Crippen molar-refractivity contribution in [3.8, 4) is 17.0 Å². The molecule has 6 rings (SSSR count). The Kier molecular flexibility index (Phi) is 9.73. The van der Waals surface area contributed by atoms with Gasteiger partial charge in [0.15, 0.2) is 23.0 Å². The highest BCUT2D eigenvalue weighted by molar-refractivity contribution is 5.96. The van der Waals surface area contributed by atoms with Crippen molar-refractivity contribution in [2.24, 2.45) is 5.92 Å². The Hall–Kier alpha value is -4.75. The van der Waals surface area contributed by atoms with E-state index in [1.54, 1.807) is 46.6 Å². The predicted octanol–water partition coefficient (Wildman–Crippen LogP) is 3.76. The Balaban J connectivity index is 0.00000417. The zero-order valence-electron chi connectivity index (χ0n) is 25.4. The van der Waals surface area contributed by atoms with Crippen molar-refractivity contribution in [3.05, 3.63) is 71.9 Å². The number of fused-ring (bicyclic) bond motifs is 1. The number of aliphatic carboxylic acids is 1. The lowest BCUT2D eigenvalue weighted by Crippen LogP contribution is -2.57. The van der Waals surface area contributed by atoms with E-state index in [2.05, 4.69) is 20.6 Å². The molecule has 2 fully saturated rings. The van der Waals surface area contributed by atoms with Gasteiger partial charge in [-0.25, -0.2) is 14.4 Å². The second-order valence-electron chi connectivity index (χ2n) is 11.3. The maximum atomic E-state index is 14.4. The van der Waals surface area contributed by atoms with Gasteiger partial charge in [0.25, 0.3) is 5.91 Å². The van der Waals surface area contributed by atoms with Crippen LogP contribution in [0.3, 0.4) is 0 Å². The summed E-state index contributed by atoms with van der Waals surface area (Å²) in [6, 6.07) is 9.45. The SMILES string of the molecule is COc1ccc(-c2cnc3c(Nc4ccc(C(=O)N5CCC(C(=O)N6CCN[C@@H](C(=O)O)C6)CC5)c(C)c4)nccn23)cc1F.Cl. The third kappa shape index (κ3) is 6.46. The minimum atomic E-state index is -0.962. The number of hydrogen-bond donors (Lipinski definition) is 3. The summed E-state index contributed by atoms with van der Waals surface area (Å²) in [6.07, 6.45) is 6.12. The Labute approximate surface area is 271 Å². The van der Waals surface area contributed by atoms with E-state index >= 15 is 0 Å². The summed E-state index contributed by atoms with van der Waals surface area (Å²) in [5.74, 6) is -1.12. The summed E-state index contributed by atoms with van der Waals surface area (Å²) in [6.45, 7) is 3.86. The number of methoxy groups -OCH3 is 1. The van der Waals surface area contributed by atoms with Crippen LogP contribution >= 0.6 is 12.4 Å². The molecular formula is C32H35ClFN7O5. The highest BCUT2D eigenvalue weighted by Gasteiger charge is 2.34. The molecule has 242 valence electrons. The quantitative estimate of drug-likeness (QED) is 0.272. The molecular weight excluding hydrogens is 617 g/mol. The van der Waals surface area contributed by atoms with Crippen molar-refractivity contribution in [3.63, 3.8) is 0 Å². The van der Waals surface area contributed by atoms with Gasteiger partial charge in [0.2, 0.25) is 5.91 Å². The number of carbonyl (C=O) groups excluding carboxylic acids is 2. The van der Waals surface area contributed by atoms with Crippen molar-refractivity contribution in [1.29, 1.82) is 0 Å². The van der Waals surface area contributed by atoms with Gasteiger partial charge in [0, 0.05) is 67.8 Å². The predicted molar refractivity (Wildman–Crippen MR) is 171 cm³/mol. The number of carboxylic acid groups (broad SMARTS) is 1. The number of aryl methyl sites for hydroxylation is 1. The average molecular weight is 652 g/mol. The third-order valence-corrected chi connectivity index (χ3v) is 8.51. The van der Waals surface area contributed by atoms with E-state index in [1.165, 1.54) is 13.2 Å². The van der Waals surface area contributed by atoms with Crippen LogP contribution in [0.5, 0.6) is 5.75 Å². The number of anilines is 2. The molecule has 12 nitrogen and oxygen atoms in total. The van der Waals surface area contributed by atoms with Crippen LogP contribution in [0.1, 0.15) is 28.8 Å². The summed E-state index contributed by atoms with van der Waals surface area (Å²) in [5.41, 5.74) is 3.97. The van der Waals surface area contributed by atoms with E-state index < -0.39 is 17.8 Å². The molecule has 0 radical (unpaired) electrons. The number of imidazole rings is 1. The lowest BCUT2D eigenvalue weighted by molar-refractivity contribution is -0.144. The zero-order valence-corrected chi connectivity index (χ0v) is 26.2. The number of piperidine rings is 1. The largest absolute Gasteiger partial charge is 0.494 e. The first-order valence-corrected chi connectivity index (χ1v) is 14.8. The number of nitrogens with one attached hydrogen (secondary N) is 2. The Morgan fingerprint density at radius 2 is 1.85 bits per heavy atom. The first-order valence-electron chi connectivity index (χ1n) is 14.8. The van der Waals surface area contributed by atoms with E-state index in [0.29, 0.717) is 67.3 Å². The molecule has 4 aromatic rings. The smallest absolute Gasteiger partial charge is 0.322 e. The molecule has 0 aliphatic carbocycles. The van der Waals surface area contributed by atoms with Gasteiger partial charge in [-0.1, -0.05) is 0 Å². The zero-order chi connectivity index (χ0) is 31.7. The van der Waals surface area contributed by atoms with E-state index in [9.17, 15) is 23.9 Å². The summed E-state index contributed by atoms with van der Waals surface area (Å²) < 4.78 is 21.2. The molecule has 0 spiro atoms. The number of carboxylic acids is 1. The summed E-state index contributed by atoms with van der Waals surface area (Å²) in [7, 11) is 1.42. The van der Waals surface area contributed by atoms with Crippen LogP contribution in [0.2, 0.25) is 0 Å². The normalized spacial score (nSPS) is 17.0. The Morgan fingerprint density at radius 3 is 2.54 bits per heavy atom. The Bertz CT molecular complexity index is 1780. The first-order chi connectivity index (χ1) is 21.7. The van der Waals surface area contributed by atoms with E-state index in [4.69, 9.17) is 4.74 Å². The lowest BCUT2D eigenvalue weighted by Gasteiger charge is -2.37. The topological polar surface area (TPSA) is 141 Å². The number of benzene rings is 2. The van der Waals surface area contributed by atoms with Crippen LogP contribution in [-0.2, 0) is 9.59 Å². The van der Waals surface area contributed by atoms with Gasteiger partial charge in [-0.15, -0.1) is 12.4 Å². The number of ether oxygens (including phenoxy) is 1. The number of amides is 2. The molecule has 0 unspecified atom stereocenters. The van der Waals surface area contributed by atoms with Gasteiger partial charge in [-0.3, -0.25) is 18.8 Å². The molecule has 14 heteroatoms. The number of halogens is 2. The molecule has 2 aliphatic heterocycles. The third-order valence-electron chi connectivity index (χ3n) is 8.51. The average Bonchev–Trinajstić information content (AvgIpc) is 3.49. The molecule has 2 saturated heterocycles. The molecule has 2 aliphatic rings. The number of nitrogens with zero attached hydrogens (tertiary/aromatic N) is 5. The van der Waals surface area contributed by atoms with Crippen LogP contribution in [0.4, 0.5) is 15.9 Å². The van der Waals surface area contributed by atoms with Crippen LogP contribution in [-0.4, -0.2) is 92.9 Å². The summed E-state index contributed by atoms with van der Waals surface area (Å²) >= 11 is 0. The molecule has 3 N–H and O–H groups in total. The second-order valence-corrected chi connectivity index (χ2v) is 11.3. The highest BCUT2D eigenvalue weighted by atomic mass is 35.5. The van der Waals surface area contributed by atoms with Gasteiger partial charge in [0.05, 0.1) is 19.0 Å². The van der Waals surface area contributed by atoms with Gasteiger partial charge >= 0.3 is 5.97 Å². The van der Waals surface area contributed by atoms with Crippen LogP contribution in [0.15, 0.2) is 55.0 Å². The number of rotatable bonds is 7. The maximum Gasteiger partial charge on any atom is 0.322 e. The number of likely N-dealkylation sites (tertiary alicyclic amines) is 1. The standard InChI is InChI=1S/C32H34FN7O5.ClH/c1-19-15-22(37-28-29-36-17-26(40(29)14-10-35-28)21-3-6-27(45-2)24(33)16-21)4-5-23(19)31(42)38-11-7-20(8-12-38)30(41)39-13-9-34-25(18-39)32(43)44;/h3-6,10,14-17,20,25,34H,7-9,11-13,18H2,1-2H3,(H,35,37)(H,43,44);1H/t25-;/m1./s1. The van der Waals surface area contributed by atoms with E-state index in [1.807, 2.05) is 23.5 Å². The van der Waals surface area contributed by atoms with Crippen molar-refractivity contribution in [1.82, 2.24) is 29.5 Å². The fourth-order valence-electron chi connectivity index (χ4n) is 6.04. The molecule has 2 amide bonds. The molecule has 4 heterocycles. The number of carbonyl (C=O) groups is 3. The van der Waals surface area contributed by atoms with Crippen LogP contribution < -0.4 is 15.4 Å². The van der Waals surface area contributed by atoms with Crippen molar-refractivity contribution in [2.75, 3.05) is 45.2 Å². The fraction of sp³-hybridized carbons (Fsp3) is 0.344. The minimum Gasteiger partial charge on any atom is -0.494 e. The molecule has 0 saturated carbocycles. The van der Waals surface area contributed by atoms with E-state index in [0.717, 1.165) is 11.3 Å². The van der Waals surface area contributed by atoms with Crippen molar-refractivity contribution >= 4 is 47.3 Å². The fourth-order valence-corrected chi connectivity index (χ4v) is 6.04. The van der Waals surface area contributed by atoms with Crippen LogP contribution in [0.25, 0.3) is 16.9 Å². The number of aromatic nitrogens is 3. The maximum absolute atomic E-state index is 14.4. The van der Waals surface area contributed by atoms with Gasteiger partial charge in [0.1, 0.15) is 6.04 Å². The lowest BCUT2D eigenvalue weighted by atomic mass is 9.94. The number of piperazine rings is 1. The molecule has 2 aromatic carbocycles. The monoisotopic (exact) mass is 651 g/mol.